The summed E-state index contributed by atoms with van der Waals surface area (Å²) in [7, 11) is 0. The molecule has 1 fully saturated rings. The van der Waals surface area contributed by atoms with Crippen LogP contribution >= 0.6 is 12.2 Å². The van der Waals surface area contributed by atoms with E-state index in [0.29, 0.717) is 11.3 Å². The molecule has 174 valence electrons. The third-order valence-corrected chi connectivity index (χ3v) is 5.22. The van der Waals surface area contributed by atoms with Crippen LogP contribution in [-0.4, -0.2) is 116 Å². The van der Waals surface area contributed by atoms with E-state index in [1.807, 2.05) is 0 Å². The molecule has 0 bridgehead atoms. The fourth-order valence-electron chi connectivity index (χ4n) is 3.70. The van der Waals surface area contributed by atoms with Gasteiger partial charge in [0, 0.05) is 39.1 Å². The fourth-order valence-corrected chi connectivity index (χ4v) is 3.81. The van der Waals surface area contributed by atoms with Crippen molar-refractivity contribution in [2.45, 2.75) is 12.1 Å². The van der Waals surface area contributed by atoms with Gasteiger partial charge in [0.05, 0.1) is 30.5 Å². The summed E-state index contributed by atoms with van der Waals surface area (Å²) in [5.74, 6) is -3.32. The largest absolute Gasteiger partial charge is 0.480 e. The number of carboxylic acids is 3. The number of aliphatic hydroxyl groups is 1. The zero-order valence-electron chi connectivity index (χ0n) is 17.4. The number of β-amino-alcohol motifs (C(OH)–C–C–N with tert-alkyl or cyclic N) is 1. The zero-order chi connectivity index (χ0) is 23.7. The van der Waals surface area contributed by atoms with Gasteiger partial charge in [0.2, 0.25) is 0 Å². The zero-order valence-corrected chi connectivity index (χ0v) is 18.2. The molecule has 1 unspecified atom stereocenters. The Morgan fingerprint density at radius 1 is 0.906 bits per heavy atom. The Morgan fingerprint density at radius 3 is 2.00 bits per heavy atom. The highest BCUT2D eigenvalue weighted by Gasteiger charge is 2.39. The molecule has 32 heavy (non-hydrogen) atoms. The minimum Gasteiger partial charge on any atom is -0.480 e. The van der Waals surface area contributed by atoms with Crippen LogP contribution in [0.1, 0.15) is 5.56 Å². The molecule has 0 aliphatic carbocycles. The molecule has 0 amide bonds. The van der Waals surface area contributed by atoms with Crippen LogP contribution in [0.3, 0.4) is 0 Å². The Morgan fingerprint density at radius 2 is 1.44 bits per heavy atom. The van der Waals surface area contributed by atoms with Crippen LogP contribution in [-0.2, 0) is 20.8 Å². The van der Waals surface area contributed by atoms with Gasteiger partial charge in [0.25, 0.3) is 0 Å². The van der Waals surface area contributed by atoms with Gasteiger partial charge in [-0.1, -0.05) is 12.1 Å². The summed E-state index contributed by atoms with van der Waals surface area (Å²) in [5, 5.41) is 41.8. The maximum Gasteiger partial charge on any atom is 0.317 e. The standard InChI is InChI=1S/C20H26N4O7S/c25-17(26)10-22-5-6-23(11-18(27)28)13-20(31,24(8-7-22)12-19(29)30)9-15-1-3-16(4-2-15)21-14-32/h1-4,31H,5-13H2,(H,25,26)(H,27,28)(H,29,30). The third-order valence-electron chi connectivity index (χ3n) is 5.13. The summed E-state index contributed by atoms with van der Waals surface area (Å²) in [6.07, 6.45) is 0.0247. The van der Waals surface area contributed by atoms with Crippen LogP contribution < -0.4 is 0 Å². The maximum absolute atomic E-state index is 11.6. The van der Waals surface area contributed by atoms with Gasteiger partial charge in [-0.05, 0) is 29.9 Å². The van der Waals surface area contributed by atoms with Gasteiger partial charge in [-0.15, -0.1) is 0 Å². The van der Waals surface area contributed by atoms with E-state index in [9.17, 15) is 29.7 Å². The fraction of sp³-hybridized carbons (Fsp3) is 0.500. The number of rotatable bonds is 9. The number of hydrogen-bond acceptors (Lipinski definition) is 9. The SMILES string of the molecule is O=C(O)CN1CCN(CC(=O)O)CC(O)(Cc2ccc(N=C=S)cc2)N(CC(=O)O)CC1. The maximum atomic E-state index is 11.6. The number of hydrogen-bond donors (Lipinski definition) is 4. The Balaban J connectivity index is 2.38. The molecule has 4 N–H and O–H groups in total. The molecule has 1 aromatic rings. The predicted molar refractivity (Wildman–Crippen MR) is 117 cm³/mol. The number of benzene rings is 1. The van der Waals surface area contributed by atoms with Crippen LogP contribution in [0.5, 0.6) is 0 Å². The lowest BCUT2D eigenvalue weighted by molar-refractivity contribution is -0.157. The highest BCUT2D eigenvalue weighted by molar-refractivity contribution is 7.78. The second kappa shape index (κ2) is 11.8. The molecular weight excluding hydrogens is 440 g/mol. The van der Waals surface area contributed by atoms with Crippen LogP contribution in [0.2, 0.25) is 0 Å². The quantitative estimate of drug-likeness (QED) is 0.283. The Hall–Kier alpha value is -2.73. The van der Waals surface area contributed by atoms with E-state index < -0.39 is 30.2 Å². The van der Waals surface area contributed by atoms with Crippen LogP contribution in [0.25, 0.3) is 0 Å². The lowest BCUT2D eigenvalue weighted by Gasteiger charge is -2.41. The molecule has 0 aromatic heterocycles. The number of aliphatic imine (C=N–C) groups is 1. The first-order valence-corrected chi connectivity index (χ1v) is 10.3. The van der Waals surface area contributed by atoms with Crippen LogP contribution in [0, 0.1) is 0 Å². The molecule has 2 rings (SSSR count). The van der Waals surface area contributed by atoms with Crippen molar-refractivity contribution in [2.75, 3.05) is 52.4 Å². The van der Waals surface area contributed by atoms with E-state index in [1.54, 1.807) is 29.2 Å². The average Bonchev–Trinajstić information content (AvgIpc) is 2.73. The summed E-state index contributed by atoms with van der Waals surface area (Å²) in [4.78, 5) is 42.4. The van der Waals surface area contributed by atoms with E-state index >= 15 is 0 Å². The third kappa shape index (κ3) is 8.08. The van der Waals surface area contributed by atoms with Crippen LogP contribution in [0.15, 0.2) is 29.3 Å². The topological polar surface area (TPSA) is 154 Å². The van der Waals surface area contributed by atoms with Crippen molar-refractivity contribution < 1.29 is 34.8 Å². The monoisotopic (exact) mass is 466 g/mol. The first-order chi connectivity index (χ1) is 15.1. The highest BCUT2D eigenvalue weighted by Crippen LogP contribution is 2.23. The van der Waals surface area contributed by atoms with Gasteiger partial charge < -0.3 is 20.4 Å². The smallest absolute Gasteiger partial charge is 0.317 e. The molecule has 0 spiro atoms. The summed E-state index contributed by atoms with van der Waals surface area (Å²) in [6.45, 7) is -0.533. The van der Waals surface area contributed by atoms with E-state index in [-0.39, 0.29) is 52.2 Å². The van der Waals surface area contributed by atoms with Crippen molar-refractivity contribution in [3.63, 3.8) is 0 Å². The summed E-state index contributed by atoms with van der Waals surface area (Å²) in [6, 6.07) is 6.79. The Bertz CT molecular complexity index is 875. The predicted octanol–water partition coefficient (Wildman–Crippen LogP) is -0.175. The molecule has 1 heterocycles. The number of carbonyl (C=O) groups is 3. The van der Waals surface area contributed by atoms with Gasteiger partial charge in [-0.3, -0.25) is 29.1 Å². The Labute approximate surface area is 190 Å². The van der Waals surface area contributed by atoms with Crippen molar-refractivity contribution in [2.24, 2.45) is 4.99 Å². The molecule has 12 heteroatoms. The molecule has 0 radical (unpaired) electrons. The normalized spacial score (nSPS) is 21.0. The minimum absolute atomic E-state index is 0.0247. The van der Waals surface area contributed by atoms with Gasteiger partial charge >= 0.3 is 17.9 Å². The average molecular weight is 467 g/mol. The van der Waals surface area contributed by atoms with E-state index in [4.69, 9.17) is 5.11 Å². The van der Waals surface area contributed by atoms with E-state index in [1.165, 1.54) is 9.80 Å². The molecule has 1 atom stereocenters. The first kappa shape index (κ1) is 25.5. The number of thiocarbonyl (C=S) groups is 1. The second-order valence-corrected chi connectivity index (χ2v) is 7.80. The van der Waals surface area contributed by atoms with Crippen molar-refractivity contribution in [3.8, 4) is 0 Å². The van der Waals surface area contributed by atoms with Gasteiger partial charge in [-0.2, -0.15) is 4.99 Å². The molecular formula is C20H26N4O7S. The van der Waals surface area contributed by atoms with Crippen molar-refractivity contribution in [3.05, 3.63) is 29.8 Å². The van der Waals surface area contributed by atoms with Gasteiger partial charge in [0.15, 0.2) is 0 Å². The minimum atomic E-state index is -1.71. The summed E-state index contributed by atoms with van der Waals surface area (Å²) >= 11 is 4.58. The number of carboxylic acid groups (broad SMARTS) is 3. The van der Waals surface area contributed by atoms with E-state index in [2.05, 4.69) is 22.4 Å². The van der Waals surface area contributed by atoms with Gasteiger partial charge in [-0.25, -0.2) is 0 Å². The number of isothiocyanates is 1. The molecule has 1 aliphatic rings. The van der Waals surface area contributed by atoms with E-state index in [0.717, 1.165) is 0 Å². The molecule has 0 saturated carbocycles. The Kier molecular flexibility index (Phi) is 9.39. The van der Waals surface area contributed by atoms with Gasteiger partial charge in [0.1, 0.15) is 5.72 Å². The second-order valence-electron chi connectivity index (χ2n) is 7.62. The first-order valence-electron chi connectivity index (χ1n) is 9.85. The number of aliphatic carboxylic acids is 3. The van der Waals surface area contributed by atoms with Crippen molar-refractivity contribution in [1.29, 1.82) is 0 Å². The highest BCUT2D eigenvalue weighted by atomic mass is 32.1. The van der Waals surface area contributed by atoms with Crippen molar-refractivity contribution >= 4 is 41.0 Å². The number of nitrogens with zero attached hydrogens (tertiary/aromatic N) is 4. The molecule has 11 nitrogen and oxygen atoms in total. The summed E-state index contributed by atoms with van der Waals surface area (Å²) < 4.78 is 0. The van der Waals surface area contributed by atoms with Crippen molar-refractivity contribution in [1.82, 2.24) is 14.7 Å². The molecule has 1 aliphatic heterocycles. The lowest BCUT2D eigenvalue weighted by Crippen LogP contribution is -2.59. The molecule has 1 saturated heterocycles. The molecule has 1 aromatic carbocycles. The van der Waals surface area contributed by atoms with Crippen LogP contribution in [0.4, 0.5) is 5.69 Å². The summed E-state index contributed by atoms with van der Waals surface area (Å²) in [5.41, 5.74) is -0.449. The lowest BCUT2D eigenvalue weighted by atomic mass is 9.99.